The molecular weight excluding hydrogens is 325 g/mol. The quantitative estimate of drug-likeness (QED) is 0.580. The molecule has 1 nitrogen and oxygen atoms in total. The van der Waals surface area contributed by atoms with Crippen LogP contribution in [0.2, 0.25) is 5.02 Å². The van der Waals surface area contributed by atoms with Crippen molar-refractivity contribution >= 4 is 33.3 Å². The molecule has 2 rings (SSSR count). The van der Waals surface area contributed by atoms with Gasteiger partial charge in [0, 0.05) is 10.0 Å². The van der Waals surface area contributed by atoms with Crippen molar-refractivity contribution in [2.75, 3.05) is 0 Å². The average Bonchev–Trinajstić information content (AvgIpc) is 2.33. The molecule has 0 spiro atoms. The van der Waals surface area contributed by atoms with Crippen LogP contribution in [0.15, 0.2) is 40.9 Å². The summed E-state index contributed by atoms with van der Waals surface area (Å²) in [5, 5.41) is 0.219. The summed E-state index contributed by atoms with van der Waals surface area (Å²) in [5.74, 6) is -1.87. The van der Waals surface area contributed by atoms with Crippen LogP contribution in [-0.4, -0.2) is 5.78 Å². The molecule has 2 aromatic carbocycles. The van der Waals surface area contributed by atoms with Crippen molar-refractivity contribution in [1.29, 1.82) is 0 Å². The summed E-state index contributed by atoms with van der Waals surface area (Å²) >= 11 is 8.86. The lowest BCUT2D eigenvalue weighted by atomic mass is 10.0. The van der Waals surface area contributed by atoms with Crippen LogP contribution in [0.1, 0.15) is 15.9 Å². The lowest BCUT2D eigenvalue weighted by molar-refractivity contribution is 0.103. The summed E-state index contributed by atoms with van der Waals surface area (Å²) in [5.41, 5.74) is -0.110. The average molecular weight is 332 g/mol. The molecule has 5 heteroatoms. The molecule has 0 saturated carbocycles. The first kappa shape index (κ1) is 13.2. The van der Waals surface area contributed by atoms with Crippen molar-refractivity contribution in [2.24, 2.45) is 0 Å². The number of rotatable bonds is 2. The van der Waals surface area contributed by atoms with Gasteiger partial charge < -0.3 is 0 Å². The minimum Gasteiger partial charge on any atom is -0.288 e. The van der Waals surface area contributed by atoms with Crippen LogP contribution in [0.25, 0.3) is 0 Å². The van der Waals surface area contributed by atoms with Gasteiger partial charge in [0.05, 0.1) is 10.6 Å². The second-order valence-electron chi connectivity index (χ2n) is 3.59. The predicted molar refractivity (Wildman–Crippen MR) is 68.9 cm³/mol. The van der Waals surface area contributed by atoms with Gasteiger partial charge in [-0.25, -0.2) is 8.78 Å². The highest BCUT2D eigenvalue weighted by molar-refractivity contribution is 9.10. The first-order valence-electron chi connectivity index (χ1n) is 4.94. The van der Waals surface area contributed by atoms with Gasteiger partial charge in [-0.05, 0) is 40.2 Å². The summed E-state index contributed by atoms with van der Waals surface area (Å²) in [6, 6.07) is 7.39. The van der Waals surface area contributed by atoms with Gasteiger partial charge in [0.15, 0.2) is 5.78 Å². The molecule has 0 aliphatic heterocycles. The molecule has 0 fully saturated rings. The molecule has 18 heavy (non-hydrogen) atoms. The van der Waals surface area contributed by atoms with Crippen LogP contribution >= 0.6 is 27.5 Å². The Morgan fingerprint density at radius 1 is 1.17 bits per heavy atom. The van der Waals surface area contributed by atoms with Crippen molar-refractivity contribution in [3.8, 4) is 0 Å². The minimum absolute atomic E-state index is 0.0762. The first-order chi connectivity index (χ1) is 8.49. The molecule has 92 valence electrons. The topological polar surface area (TPSA) is 17.1 Å². The van der Waals surface area contributed by atoms with E-state index in [1.54, 1.807) is 0 Å². The van der Waals surface area contributed by atoms with Crippen LogP contribution in [0, 0.1) is 11.6 Å². The lowest BCUT2D eigenvalue weighted by Crippen LogP contribution is -2.05. The third-order valence-electron chi connectivity index (χ3n) is 2.34. The zero-order valence-electron chi connectivity index (χ0n) is 8.88. The van der Waals surface area contributed by atoms with Crippen LogP contribution in [0.5, 0.6) is 0 Å². The van der Waals surface area contributed by atoms with Gasteiger partial charge in [0.1, 0.15) is 11.6 Å². The molecule has 0 atom stereocenters. The van der Waals surface area contributed by atoms with Crippen molar-refractivity contribution < 1.29 is 13.6 Å². The summed E-state index contributed by atoms with van der Waals surface area (Å²) in [6.07, 6.45) is 0. The lowest BCUT2D eigenvalue weighted by Gasteiger charge is -2.05. The van der Waals surface area contributed by atoms with Gasteiger partial charge in [-0.1, -0.05) is 23.7 Å². The Balaban J connectivity index is 2.49. The minimum atomic E-state index is -0.708. The van der Waals surface area contributed by atoms with Gasteiger partial charge in [0.2, 0.25) is 0 Å². The Labute approximate surface area is 116 Å². The Hall–Kier alpha value is -1.26. The molecular formula is C13H6BrClF2O. The maximum atomic E-state index is 13.7. The smallest absolute Gasteiger partial charge is 0.196 e. The molecule has 0 unspecified atom stereocenters. The number of hydrogen-bond donors (Lipinski definition) is 0. The van der Waals surface area contributed by atoms with Crippen molar-refractivity contribution in [1.82, 2.24) is 0 Å². The molecule has 0 radical (unpaired) electrons. The van der Waals surface area contributed by atoms with E-state index in [-0.39, 0.29) is 16.1 Å². The highest BCUT2D eigenvalue weighted by atomic mass is 79.9. The molecule has 0 N–H and O–H groups in total. The van der Waals surface area contributed by atoms with Gasteiger partial charge in [0.25, 0.3) is 0 Å². The Morgan fingerprint density at radius 2 is 1.89 bits per heavy atom. The predicted octanol–water partition coefficient (Wildman–Crippen LogP) is 4.61. The summed E-state index contributed by atoms with van der Waals surface area (Å²) in [6.45, 7) is 0. The molecule has 0 heterocycles. The number of ketones is 1. The second-order valence-corrected chi connectivity index (χ2v) is 4.85. The monoisotopic (exact) mass is 330 g/mol. The largest absolute Gasteiger partial charge is 0.288 e. The van der Waals surface area contributed by atoms with E-state index < -0.39 is 17.4 Å². The third-order valence-corrected chi connectivity index (χ3v) is 3.54. The number of halogens is 4. The van der Waals surface area contributed by atoms with E-state index in [0.717, 1.165) is 12.1 Å². The van der Waals surface area contributed by atoms with Crippen LogP contribution in [-0.2, 0) is 0 Å². The number of carbonyl (C=O) groups is 1. The highest BCUT2D eigenvalue weighted by Crippen LogP contribution is 2.27. The fraction of sp³-hybridized carbons (Fsp3) is 0. The molecule has 0 aliphatic rings. The van der Waals surface area contributed by atoms with E-state index in [1.165, 1.54) is 24.3 Å². The van der Waals surface area contributed by atoms with Crippen molar-refractivity contribution in [3.63, 3.8) is 0 Å². The van der Waals surface area contributed by atoms with Gasteiger partial charge in [-0.2, -0.15) is 0 Å². The molecule has 2 aromatic rings. The molecule has 0 aliphatic carbocycles. The van der Waals surface area contributed by atoms with E-state index in [9.17, 15) is 13.6 Å². The fourth-order valence-electron chi connectivity index (χ4n) is 1.48. The van der Waals surface area contributed by atoms with Gasteiger partial charge in [-0.3, -0.25) is 4.79 Å². The zero-order chi connectivity index (χ0) is 13.3. The van der Waals surface area contributed by atoms with E-state index in [2.05, 4.69) is 15.9 Å². The second kappa shape index (κ2) is 5.16. The standard InChI is InChI=1S/C13H6BrClF2O/c14-10-6-12(17)9(5-11(10)15)13(18)7-2-1-3-8(16)4-7/h1-6H. The van der Waals surface area contributed by atoms with Gasteiger partial charge in [-0.15, -0.1) is 0 Å². The van der Waals surface area contributed by atoms with E-state index in [1.807, 2.05) is 0 Å². The number of benzene rings is 2. The molecule has 0 saturated heterocycles. The zero-order valence-corrected chi connectivity index (χ0v) is 11.2. The SMILES string of the molecule is O=C(c1cccc(F)c1)c1cc(Cl)c(Br)cc1F. The van der Waals surface area contributed by atoms with Crippen molar-refractivity contribution in [3.05, 3.63) is 68.7 Å². The number of hydrogen-bond acceptors (Lipinski definition) is 1. The third kappa shape index (κ3) is 2.60. The molecule has 0 amide bonds. The maximum Gasteiger partial charge on any atom is 0.196 e. The Bertz CT molecular complexity index is 628. The number of carbonyl (C=O) groups excluding carboxylic acids is 1. The molecule has 0 bridgehead atoms. The maximum absolute atomic E-state index is 13.7. The summed E-state index contributed by atoms with van der Waals surface area (Å²) < 4.78 is 27.0. The summed E-state index contributed by atoms with van der Waals surface area (Å²) in [4.78, 5) is 12.0. The normalized spacial score (nSPS) is 10.4. The first-order valence-corrected chi connectivity index (χ1v) is 6.11. The van der Waals surface area contributed by atoms with Crippen LogP contribution in [0.3, 0.4) is 0 Å². The van der Waals surface area contributed by atoms with E-state index in [0.29, 0.717) is 4.47 Å². The Morgan fingerprint density at radius 3 is 2.56 bits per heavy atom. The van der Waals surface area contributed by atoms with E-state index >= 15 is 0 Å². The molecule has 0 aromatic heterocycles. The van der Waals surface area contributed by atoms with E-state index in [4.69, 9.17) is 11.6 Å². The summed E-state index contributed by atoms with van der Waals surface area (Å²) in [7, 11) is 0. The fourth-order valence-corrected chi connectivity index (χ4v) is 1.96. The Kier molecular flexibility index (Phi) is 3.78. The van der Waals surface area contributed by atoms with Crippen LogP contribution < -0.4 is 0 Å². The van der Waals surface area contributed by atoms with Crippen LogP contribution in [0.4, 0.5) is 8.78 Å². The van der Waals surface area contributed by atoms with Crippen molar-refractivity contribution in [2.45, 2.75) is 0 Å². The highest BCUT2D eigenvalue weighted by Gasteiger charge is 2.16. The van der Waals surface area contributed by atoms with Gasteiger partial charge >= 0.3 is 0 Å².